The lowest BCUT2D eigenvalue weighted by molar-refractivity contribution is 0.0790. The summed E-state index contributed by atoms with van der Waals surface area (Å²) in [7, 11) is -3.76. The standard InChI is InChI=1S/C23H32N6O4S/c24-9-3-11-26-22-21(6-2-10-25-22)34(31,32)29-17-4-1-5-18(29)13-16(12-17)27-23(30)19-14-20(33-28-19)15-7-8-15/h2,6,10,14-18H,1,3-5,7-9,11-13,24H2,(H,25,26)(H,27,30)/t16?,17-,18+. The van der Waals surface area contributed by atoms with Crippen LogP contribution in [0.25, 0.3) is 0 Å². The smallest absolute Gasteiger partial charge is 0.273 e. The first-order valence-electron chi connectivity index (χ1n) is 12.2. The molecule has 1 aliphatic carbocycles. The number of hydrogen-bond acceptors (Lipinski definition) is 8. The fourth-order valence-corrected chi connectivity index (χ4v) is 7.23. The Labute approximate surface area is 199 Å². The van der Waals surface area contributed by atoms with Gasteiger partial charge in [0.05, 0.1) is 0 Å². The number of anilines is 1. The van der Waals surface area contributed by atoms with Crippen LogP contribution in [-0.2, 0) is 10.0 Å². The molecule has 3 atom stereocenters. The van der Waals surface area contributed by atoms with Crippen molar-refractivity contribution in [3.8, 4) is 0 Å². The van der Waals surface area contributed by atoms with Gasteiger partial charge in [0.2, 0.25) is 10.0 Å². The lowest BCUT2D eigenvalue weighted by atomic mass is 9.84. The van der Waals surface area contributed by atoms with Gasteiger partial charge >= 0.3 is 0 Å². The SMILES string of the molecule is NCCCNc1ncccc1S(=O)(=O)N1[C@@H]2CCC[C@H]1CC(NC(=O)c1cc(C3CC3)on1)C2. The second-order valence-corrected chi connectivity index (χ2v) is 11.3. The van der Waals surface area contributed by atoms with Crippen LogP contribution in [0.1, 0.15) is 73.5 Å². The molecule has 2 bridgehead atoms. The average molecular weight is 489 g/mol. The molecule has 2 saturated heterocycles. The van der Waals surface area contributed by atoms with Gasteiger partial charge in [0.25, 0.3) is 5.91 Å². The predicted molar refractivity (Wildman–Crippen MR) is 126 cm³/mol. The van der Waals surface area contributed by atoms with E-state index >= 15 is 0 Å². The van der Waals surface area contributed by atoms with Crippen LogP contribution >= 0.6 is 0 Å². The summed E-state index contributed by atoms with van der Waals surface area (Å²) in [6.45, 7) is 1.07. The first-order chi connectivity index (χ1) is 16.5. The molecule has 184 valence electrons. The van der Waals surface area contributed by atoms with Gasteiger partial charge in [0.15, 0.2) is 5.69 Å². The fraction of sp³-hybridized carbons (Fsp3) is 0.609. The van der Waals surface area contributed by atoms with Gasteiger partial charge in [-0.25, -0.2) is 13.4 Å². The topological polar surface area (TPSA) is 143 Å². The van der Waals surface area contributed by atoms with Gasteiger partial charge in [-0.1, -0.05) is 11.6 Å². The number of pyridine rings is 1. The number of piperidine rings is 2. The minimum atomic E-state index is -3.76. The lowest BCUT2D eigenvalue weighted by Crippen LogP contribution is -2.58. The number of rotatable bonds is 9. The zero-order valence-electron chi connectivity index (χ0n) is 19.2. The maximum Gasteiger partial charge on any atom is 0.273 e. The van der Waals surface area contributed by atoms with Crippen molar-refractivity contribution in [2.45, 2.75) is 80.3 Å². The van der Waals surface area contributed by atoms with Crippen molar-refractivity contribution in [3.63, 3.8) is 0 Å². The summed E-state index contributed by atoms with van der Waals surface area (Å²) in [5.41, 5.74) is 5.87. The van der Waals surface area contributed by atoms with Gasteiger partial charge in [-0.2, -0.15) is 4.31 Å². The van der Waals surface area contributed by atoms with Gasteiger partial charge in [-0.05, 0) is 63.6 Å². The van der Waals surface area contributed by atoms with Crippen LogP contribution in [0.2, 0.25) is 0 Å². The second kappa shape index (κ2) is 9.63. The molecule has 2 aliphatic heterocycles. The van der Waals surface area contributed by atoms with Crippen molar-refractivity contribution < 1.29 is 17.7 Å². The van der Waals surface area contributed by atoms with Crippen LogP contribution in [0.15, 0.2) is 33.8 Å². The van der Waals surface area contributed by atoms with Crippen LogP contribution in [0, 0.1) is 0 Å². The first-order valence-corrected chi connectivity index (χ1v) is 13.6. The third-order valence-electron chi connectivity index (χ3n) is 6.98. The number of carbonyl (C=O) groups excluding carboxylic acids is 1. The molecule has 3 fully saturated rings. The number of sulfonamides is 1. The van der Waals surface area contributed by atoms with Gasteiger partial charge in [0.1, 0.15) is 16.5 Å². The molecule has 1 amide bonds. The summed E-state index contributed by atoms with van der Waals surface area (Å²) in [6, 6.07) is 4.55. The van der Waals surface area contributed by atoms with E-state index in [4.69, 9.17) is 10.3 Å². The van der Waals surface area contributed by atoms with Crippen LogP contribution in [0.4, 0.5) is 5.82 Å². The molecule has 0 radical (unpaired) electrons. The highest BCUT2D eigenvalue weighted by Gasteiger charge is 2.46. The van der Waals surface area contributed by atoms with Gasteiger partial charge in [-0.3, -0.25) is 4.79 Å². The Morgan fingerprint density at radius 1 is 1.21 bits per heavy atom. The van der Waals surface area contributed by atoms with Crippen molar-refractivity contribution in [2.24, 2.45) is 5.73 Å². The van der Waals surface area contributed by atoms with E-state index in [1.54, 1.807) is 28.7 Å². The highest BCUT2D eigenvalue weighted by molar-refractivity contribution is 7.89. The van der Waals surface area contributed by atoms with E-state index in [1.165, 1.54) is 0 Å². The van der Waals surface area contributed by atoms with E-state index in [9.17, 15) is 13.2 Å². The Hall–Kier alpha value is -2.50. The molecule has 3 aliphatic rings. The minimum Gasteiger partial charge on any atom is -0.369 e. The molecule has 5 rings (SSSR count). The van der Waals surface area contributed by atoms with E-state index in [1.807, 2.05) is 0 Å². The molecular weight excluding hydrogens is 456 g/mol. The minimum absolute atomic E-state index is 0.105. The molecule has 2 aromatic heterocycles. The van der Waals surface area contributed by atoms with Crippen molar-refractivity contribution in [2.75, 3.05) is 18.4 Å². The second-order valence-electron chi connectivity index (χ2n) is 9.52. The summed E-state index contributed by atoms with van der Waals surface area (Å²) in [5.74, 6) is 1.27. The van der Waals surface area contributed by atoms with Gasteiger partial charge in [-0.15, -0.1) is 0 Å². The van der Waals surface area contributed by atoms with Gasteiger partial charge < -0.3 is 20.9 Å². The zero-order valence-corrected chi connectivity index (χ0v) is 20.0. The molecule has 0 aromatic carbocycles. The molecular formula is C23H32N6O4S. The highest BCUT2D eigenvalue weighted by atomic mass is 32.2. The fourth-order valence-electron chi connectivity index (χ4n) is 5.22. The van der Waals surface area contributed by atoms with Crippen LogP contribution in [-0.4, -0.2) is 60.0 Å². The van der Waals surface area contributed by atoms with Crippen LogP contribution < -0.4 is 16.4 Å². The number of hydrogen-bond donors (Lipinski definition) is 3. The van der Waals surface area contributed by atoms with E-state index in [2.05, 4.69) is 20.8 Å². The number of nitrogens with two attached hydrogens (primary N) is 1. The first kappa shape index (κ1) is 23.3. The largest absolute Gasteiger partial charge is 0.369 e. The maximum atomic E-state index is 13.8. The molecule has 1 unspecified atom stereocenters. The molecule has 34 heavy (non-hydrogen) atoms. The normalized spacial score (nSPS) is 25.1. The molecule has 4 N–H and O–H groups in total. The summed E-state index contributed by atoms with van der Waals surface area (Å²) in [5, 5.41) is 10.1. The van der Waals surface area contributed by atoms with Crippen molar-refractivity contribution in [3.05, 3.63) is 35.9 Å². The van der Waals surface area contributed by atoms with Crippen molar-refractivity contribution in [1.82, 2.24) is 19.8 Å². The average Bonchev–Trinajstić information content (AvgIpc) is 3.55. The number of amides is 1. The van der Waals surface area contributed by atoms with E-state index < -0.39 is 10.0 Å². The molecule has 0 spiro atoms. The Morgan fingerprint density at radius 2 is 1.97 bits per heavy atom. The van der Waals surface area contributed by atoms with E-state index in [0.29, 0.717) is 43.4 Å². The zero-order chi connectivity index (χ0) is 23.7. The lowest BCUT2D eigenvalue weighted by Gasteiger charge is -2.47. The van der Waals surface area contributed by atoms with Crippen molar-refractivity contribution in [1.29, 1.82) is 0 Å². The number of fused-ring (bicyclic) bond motifs is 2. The number of carbonyl (C=O) groups is 1. The van der Waals surface area contributed by atoms with E-state index in [-0.39, 0.29) is 28.9 Å². The summed E-state index contributed by atoms with van der Waals surface area (Å²) in [6.07, 6.45) is 8.13. The quantitative estimate of drug-likeness (QED) is 0.456. The molecule has 11 heteroatoms. The van der Waals surface area contributed by atoms with Crippen molar-refractivity contribution >= 4 is 21.7 Å². The summed E-state index contributed by atoms with van der Waals surface area (Å²) in [4.78, 5) is 17.2. The van der Waals surface area contributed by atoms with Crippen LogP contribution in [0.5, 0.6) is 0 Å². The molecule has 2 aromatic rings. The van der Waals surface area contributed by atoms with Gasteiger partial charge in [0, 0.05) is 42.9 Å². The predicted octanol–water partition coefficient (Wildman–Crippen LogP) is 2.21. The Kier molecular flexibility index (Phi) is 6.59. The summed E-state index contributed by atoms with van der Waals surface area (Å²) >= 11 is 0. The molecule has 10 nitrogen and oxygen atoms in total. The maximum absolute atomic E-state index is 13.8. The Balaban J connectivity index is 1.30. The number of nitrogens with zero attached hydrogens (tertiary/aromatic N) is 3. The van der Waals surface area contributed by atoms with E-state index in [0.717, 1.165) is 44.3 Å². The molecule has 4 heterocycles. The highest BCUT2D eigenvalue weighted by Crippen LogP contribution is 2.41. The number of aromatic nitrogens is 2. The third kappa shape index (κ3) is 4.69. The molecule has 1 saturated carbocycles. The Bertz CT molecular complexity index is 1120. The summed E-state index contributed by atoms with van der Waals surface area (Å²) < 4.78 is 34.6. The number of nitrogens with one attached hydrogen (secondary N) is 2. The van der Waals surface area contributed by atoms with Crippen LogP contribution in [0.3, 0.4) is 0 Å². The third-order valence-corrected chi connectivity index (χ3v) is 9.02. The Morgan fingerprint density at radius 3 is 2.68 bits per heavy atom. The monoisotopic (exact) mass is 488 g/mol.